The van der Waals surface area contributed by atoms with Gasteiger partial charge >= 0.3 is 5.97 Å². The number of esters is 1. The summed E-state index contributed by atoms with van der Waals surface area (Å²) < 4.78 is 12.3. The summed E-state index contributed by atoms with van der Waals surface area (Å²) in [4.78, 5) is 29.4. The highest BCUT2D eigenvalue weighted by molar-refractivity contribution is 9.10. The van der Waals surface area contributed by atoms with E-state index >= 15 is 0 Å². The molecule has 0 unspecified atom stereocenters. The molecular formula is C23H23BrClN3O4. The Labute approximate surface area is 199 Å². The standard InChI is InChI=1S/C23H23BrClN3O4/c1-5-13(2)21-27-19-8-7-16(24)11-17(19)22(29)28(21)26-12-15-6-9-20(18(25)10-15)32-14(3)23(30)31-4/h6-14H,5H2,1-4H3/t13-,14-/m1/s1. The van der Waals surface area contributed by atoms with Crippen molar-refractivity contribution in [3.8, 4) is 5.75 Å². The molecule has 0 aliphatic carbocycles. The Morgan fingerprint density at radius 1 is 1.28 bits per heavy atom. The first-order valence-corrected chi connectivity index (χ1v) is 11.2. The normalized spacial score (nSPS) is 13.3. The van der Waals surface area contributed by atoms with Gasteiger partial charge in [-0.2, -0.15) is 9.78 Å². The van der Waals surface area contributed by atoms with Gasteiger partial charge in [-0.15, -0.1) is 0 Å². The SMILES string of the molecule is CC[C@@H](C)c1nc2ccc(Br)cc2c(=O)n1N=Cc1ccc(O[C@H](C)C(=O)OC)c(Cl)c1. The number of benzene rings is 2. The summed E-state index contributed by atoms with van der Waals surface area (Å²) in [7, 11) is 1.29. The van der Waals surface area contributed by atoms with Crippen molar-refractivity contribution in [2.45, 2.75) is 39.2 Å². The first kappa shape index (κ1) is 23.9. The molecule has 1 aromatic heterocycles. The van der Waals surface area contributed by atoms with E-state index in [-0.39, 0.29) is 11.5 Å². The van der Waals surface area contributed by atoms with Gasteiger partial charge in [-0.25, -0.2) is 9.78 Å². The third kappa shape index (κ3) is 5.19. The Morgan fingerprint density at radius 2 is 2.03 bits per heavy atom. The molecule has 0 saturated heterocycles. The highest BCUT2D eigenvalue weighted by Crippen LogP contribution is 2.26. The number of nitrogens with zero attached hydrogens (tertiary/aromatic N) is 3. The molecule has 0 fully saturated rings. The Kier molecular flexibility index (Phi) is 7.69. The van der Waals surface area contributed by atoms with Crippen LogP contribution in [-0.2, 0) is 9.53 Å². The number of hydrogen-bond donors (Lipinski definition) is 0. The predicted molar refractivity (Wildman–Crippen MR) is 129 cm³/mol. The lowest BCUT2D eigenvalue weighted by Crippen LogP contribution is -2.25. The van der Waals surface area contributed by atoms with Gasteiger partial charge in [0.15, 0.2) is 6.10 Å². The van der Waals surface area contributed by atoms with Crippen molar-refractivity contribution in [1.29, 1.82) is 0 Å². The molecule has 9 heteroatoms. The van der Waals surface area contributed by atoms with Gasteiger partial charge < -0.3 is 9.47 Å². The summed E-state index contributed by atoms with van der Waals surface area (Å²) >= 11 is 9.71. The Balaban J connectivity index is 1.99. The summed E-state index contributed by atoms with van der Waals surface area (Å²) in [6.45, 7) is 5.61. The highest BCUT2D eigenvalue weighted by Gasteiger charge is 2.17. The zero-order chi connectivity index (χ0) is 23.4. The molecule has 0 saturated carbocycles. The van der Waals surface area contributed by atoms with Gasteiger partial charge in [0.1, 0.15) is 11.6 Å². The topological polar surface area (TPSA) is 82.8 Å². The lowest BCUT2D eigenvalue weighted by Gasteiger charge is -2.14. The number of carbonyl (C=O) groups excluding carboxylic acids is 1. The van der Waals surface area contributed by atoms with Crippen LogP contribution in [0.2, 0.25) is 5.02 Å². The number of rotatable bonds is 7. The zero-order valence-corrected chi connectivity index (χ0v) is 20.5. The molecule has 0 spiro atoms. The maximum atomic E-state index is 13.2. The molecule has 32 heavy (non-hydrogen) atoms. The van der Waals surface area contributed by atoms with Crippen molar-refractivity contribution in [3.05, 3.63) is 67.6 Å². The number of methoxy groups -OCH3 is 1. The summed E-state index contributed by atoms with van der Waals surface area (Å²) in [6.07, 6.45) is 1.55. The van der Waals surface area contributed by atoms with Crippen molar-refractivity contribution in [3.63, 3.8) is 0 Å². The van der Waals surface area contributed by atoms with Crippen molar-refractivity contribution < 1.29 is 14.3 Å². The van der Waals surface area contributed by atoms with Crippen LogP contribution in [0.25, 0.3) is 10.9 Å². The minimum absolute atomic E-state index is 0.0343. The molecule has 1 heterocycles. The number of carbonyl (C=O) groups is 1. The molecule has 2 atom stereocenters. The van der Waals surface area contributed by atoms with E-state index in [2.05, 4.69) is 30.8 Å². The molecule has 0 aliphatic rings. The third-order valence-corrected chi connectivity index (χ3v) is 5.79. The van der Waals surface area contributed by atoms with Crippen molar-refractivity contribution >= 4 is 50.6 Å². The minimum atomic E-state index is -0.795. The summed E-state index contributed by atoms with van der Waals surface area (Å²) in [5.41, 5.74) is 1.04. The lowest BCUT2D eigenvalue weighted by atomic mass is 10.1. The van der Waals surface area contributed by atoms with E-state index < -0.39 is 12.1 Å². The fraction of sp³-hybridized carbons (Fsp3) is 0.304. The zero-order valence-electron chi connectivity index (χ0n) is 18.1. The first-order valence-electron chi connectivity index (χ1n) is 10.1. The molecule has 0 radical (unpaired) electrons. The van der Waals surface area contributed by atoms with Crippen LogP contribution >= 0.6 is 27.5 Å². The van der Waals surface area contributed by atoms with E-state index in [4.69, 9.17) is 16.3 Å². The van der Waals surface area contributed by atoms with E-state index in [0.717, 1.165) is 10.9 Å². The second-order valence-electron chi connectivity index (χ2n) is 7.28. The fourth-order valence-corrected chi connectivity index (χ4v) is 3.60. The lowest BCUT2D eigenvalue weighted by molar-refractivity contribution is -0.147. The molecule has 168 valence electrons. The molecule has 3 rings (SSSR count). The summed E-state index contributed by atoms with van der Waals surface area (Å²) in [5.74, 6) is 0.462. The molecule has 0 amide bonds. The van der Waals surface area contributed by atoms with E-state index in [1.54, 1.807) is 31.2 Å². The van der Waals surface area contributed by atoms with Gasteiger partial charge in [0.2, 0.25) is 0 Å². The minimum Gasteiger partial charge on any atom is -0.477 e. The molecule has 0 aliphatic heterocycles. The van der Waals surface area contributed by atoms with E-state index in [9.17, 15) is 9.59 Å². The quantitative estimate of drug-likeness (QED) is 0.318. The van der Waals surface area contributed by atoms with Gasteiger partial charge in [-0.1, -0.05) is 41.4 Å². The van der Waals surface area contributed by atoms with Crippen LogP contribution in [0, 0.1) is 0 Å². The van der Waals surface area contributed by atoms with Gasteiger partial charge in [0, 0.05) is 10.4 Å². The van der Waals surface area contributed by atoms with E-state index in [1.165, 1.54) is 18.0 Å². The van der Waals surface area contributed by atoms with Crippen molar-refractivity contribution in [2.24, 2.45) is 5.10 Å². The molecular weight excluding hydrogens is 498 g/mol. The maximum Gasteiger partial charge on any atom is 0.346 e. The molecule has 2 aromatic carbocycles. The van der Waals surface area contributed by atoms with Crippen LogP contribution in [0.4, 0.5) is 0 Å². The van der Waals surface area contributed by atoms with E-state index in [0.29, 0.717) is 33.1 Å². The van der Waals surface area contributed by atoms with Gasteiger partial charge in [-0.3, -0.25) is 4.79 Å². The van der Waals surface area contributed by atoms with E-state index in [1.807, 2.05) is 26.0 Å². The Hall–Kier alpha value is -2.71. The number of hydrogen-bond acceptors (Lipinski definition) is 6. The number of aromatic nitrogens is 2. The molecule has 3 aromatic rings. The number of halogens is 2. The average Bonchev–Trinajstić information content (AvgIpc) is 2.79. The van der Waals surface area contributed by atoms with Crippen LogP contribution in [0.15, 0.2) is 50.8 Å². The first-order chi connectivity index (χ1) is 15.2. The average molecular weight is 521 g/mol. The predicted octanol–water partition coefficient (Wildman–Crippen LogP) is 5.15. The Bertz CT molecular complexity index is 1240. The summed E-state index contributed by atoms with van der Waals surface area (Å²) in [5, 5.41) is 5.21. The van der Waals surface area contributed by atoms with Crippen LogP contribution in [-0.4, -0.2) is 35.1 Å². The summed E-state index contributed by atoms with van der Waals surface area (Å²) in [6, 6.07) is 10.4. The smallest absolute Gasteiger partial charge is 0.346 e. The van der Waals surface area contributed by atoms with Crippen molar-refractivity contribution in [1.82, 2.24) is 9.66 Å². The van der Waals surface area contributed by atoms with Gasteiger partial charge in [0.25, 0.3) is 5.56 Å². The number of fused-ring (bicyclic) bond motifs is 1. The second kappa shape index (κ2) is 10.3. The molecule has 0 bridgehead atoms. The van der Waals surface area contributed by atoms with Crippen LogP contribution < -0.4 is 10.3 Å². The fourth-order valence-electron chi connectivity index (χ4n) is 3.00. The second-order valence-corrected chi connectivity index (χ2v) is 8.60. The monoisotopic (exact) mass is 519 g/mol. The van der Waals surface area contributed by atoms with Crippen molar-refractivity contribution in [2.75, 3.05) is 7.11 Å². The van der Waals surface area contributed by atoms with Crippen LogP contribution in [0.3, 0.4) is 0 Å². The number of ether oxygens (including phenoxy) is 2. The molecule has 0 N–H and O–H groups in total. The largest absolute Gasteiger partial charge is 0.477 e. The maximum absolute atomic E-state index is 13.2. The highest BCUT2D eigenvalue weighted by atomic mass is 79.9. The Morgan fingerprint density at radius 3 is 2.69 bits per heavy atom. The van der Waals surface area contributed by atoms with Gasteiger partial charge in [0.05, 0.1) is 29.2 Å². The van der Waals surface area contributed by atoms with Crippen LogP contribution in [0.5, 0.6) is 5.75 Å². The molecule has 7 nitrogen and oxygen atoms in total. The third-order valence-electron chi connectivity index (χ3n) is 5.00. The van der Waals surface area contributed by atoms with Crippen LogP contribution in [0.1, 0.15) is 44.5 Å². The van der Waals surface area contributed by atoms with Gasteiger partial charge in [-0.05, 0) is 55.3 Å².